The van der Waals surface area contributed by atoms with Crippen LogP contribution in [0.2, 0.25) is 0 Å². The maximum absolute atomic E-state index is 5.52. The number of hydrogen-bond donors (Lipinski definition) is 0. The van der Waals surface area contributed by atoms with Crippen LogP contribution in [0.3, 0.4) is 0 Å². The van der Waals surface area contributed by atoms with Crippen LogP contribution in [0.1, 0.15) is 22.6 Å². The van der Waals surface area contributed by atoms with Crippen LogP contribution >= 0.6 is 11.8 Å². The molecule has 0 saturated carbocycles. The molecule has 0 spiro atoms. The summed E-state index contributed by atoms with van der Waals surface area (Å²) in [5.74, 6) is 1.83. The van der Waals surface area contributed by atoms with Crippen LogP contribution in [0, 0.1) is 13.8 Å². The van der Waals surface area contributed by atoms with E-state index in [0.717, 1.165) is 27.6 Å². The second-order valence-electron chi connectivity index (χ2n) is 6.03. The standard InChI is InChI=1S/C20H19N3OS/c1-14-15(2)23(11-17-9-6-10-24-17)19-18(14)20(22-13-21-19)25-12-16-7-4-3-5-8-16/h3-10,13H,11-12H2,1-2H3. The summed E-state index contributed by atoms with van der Waals surface area (Å²) in [6.45, 7) is 4.96. The van der Waals surface area contributed by atoms with Gasteiger partial charge in [0, 0.05) is 11.4 Å². The predicted molar refractivity (Wildman–Crippen MR) is 101 cm³/mol. The Labute approximate surface area is 150 Å². The van der Waals surface area contributed by atoms with Crippen molar-refractivity contribution in [3.8, 4) is 0 Å². The first-order chi connectivity index (χ1) is 12.2. The van der Waals surface area contributed by atoms with Crippen LogP contribution in [0.4, 0.5) is 0 Å². The molecule has 3 heterocycles. The molecule has 0 unspecified atom stereocenters. The minimum Gasteiger partial charge on any atom is -0.467 e. The van der Waals surface area contributed by atoms with Crippen molar-refractivity contribution < 1.29 is 4.42 Å². The lowest BCUT2D eigenvalue weighted by Crippen LogP contribution is -2.02. The SMILES string of the molecule is Cc1c(C)n(Cc2ccco2)c2ncnc(SCc3ccccc3)c12. The summed E-state index contributed by atoms with van der Waals surface area (Å²) < 4.78 is 7.72. The normalized spacial score (nSPS) is 11.3. The van der Waals surface area contributed by atoms with Crippen molar-refractivity contribution in [1.29, 1.82) is 0 Å². The molecule has 126 valence electrons. The number of benzene rings is 1. The van der Waals surface area contributed by atoms with Crippen molar-refractivity contribution in [3.63, 3.8) is 0 Å². The van der Waals surface area contributed by atoms with Crippen LogP contribution < -0.4 is 0 Å². The zero-order valence-electron chi connectivity index (χ0n) is 14.3. The molecule has 0 radical (unpaired) electrons. The topological polar surface area (TPSA) is 43.9 Å². The summed E-state index contributed by atoms with van der Waals surface area (Å²) in [6.07, 6.45) is 3.37. The van der Waals surface area contributed by atoms with E-state index in [1.165, 1.54) is 16.8 Å². The van der Waals surface area contributed by atoms with Crippen molar-refractivity contribution in [3.05, 3.63) is 77.6 Å². The van der Waals surface area contributed by atoms with Gasteiger partial charge in [-0.2, -0.15) is 0 Å². The summed E-state index contributed by atoms with van der Waals surface area (Å²) in [5.41, 5.74) is 4.70. The molecular formula is C20H19N3OS. The smallest absolute Gasteiger partial charge is 0.145 e. The molecule has 4 aromatic rings. The zero-order valence-corrected chi connectivity index (χ0v) is 15.1. The Morgan fingerprint density at radius 2 is 1.88 bits per heavy atom. The second-order valence-corrected chi connectivity index (χ2v) is 6.99. The number of nitrogens with zero attached hydrogens (tertiary/aromatic N) is 3. The van der Waals surface area contributed by atoms with Crippen LogP contribution in [0.15, 0.2) is 64.5 Å². The summed E-state index contributed by atoms with van der Waals surface area (Å²) in [6, 6.07) is 14.4. The third-order valence-electron chi connectivity index (χ3n) is 4.48. The molecule has 4 nitrogen and oxygen atoms in total. The molecule has 0 N–H and O–H groups in total. The number of furan rings is 1. The molecule has 0 fully saturated rings. The van der Waals surface area contributed by atoms with E-state index in [9.17, 15) is 0 Å². The van der Waals surface area contributed by atoms with Gasteiger partial charge in [-0.3, -0.25) is 0 Å². The number of fused-ring (bicyclic) bond motifs is 1. The maximum atomic E-state index is 5.52. The van der Waals surface area contributed by atoms with Gasteiger partial charge in [-0.15, -0.1) is 11.8 Å². The molecule has 1 aromatic carbocycles. The first kappa shape index (κ1) is 16.0. The first-order valence-corrected chi connectivity index (χ1v) is 9.22. The minimum absolute atomic E-state index is 0.684. The molecule has 0 saturated heterocycles. The molecule has 25 heavy (non-hydrogen) atoms. The van der Waals surface area contributed by atoms with Gasteiger partial charge in [0.15, 0.2) is 0 Å². The molecule has 0 amide bonds. The number of aryl methyl sites for hydroxylation is 1. The van der Waals surface area contributed by atoms with Gasteiger partial charge in [0.05, 0.1) is 18.2 Å². The first-order valence-electron chi connectivity index (χ1n) is 8.23. The lowest BCUT2D eigenvalue weighted by molar-refractivity contribution is 0.494. The monoisotopic (exact) mass is 349 g/mol. The molecule has 0 aliphatic heterocycles. The van der Waals surface area contributed by atoms with E-state index in [0.29, 0.717) is 6.54 Å². The van der Waals surface area contributed by atoms with Crippen molar-refractivity contribution in [1.82, 2.24) is 14.5 Å². The van der Waals surface area contributed by atoms with E-state index in [1.807, 2.05) is 18.2 Å². The van der Waals surface area contributed by atoms with Gasteiger partial charge in [-0.25, -0.2) is 9.97 Å². The van der Waals surface area contributed by atoms with Gasteiger partial charge in [-0.1, -0.05) is 30.3 Å². The number of rotatable bonds is 5. The Morgan fingerprint density at radius 3 is 2.64 bits per heavy atom. The van der Waals surface area contributed by atoms with Gasteiger partial charge in [0.25, 0.3) is 0 Å². The molecule has 5 heteroatoms. The lowest BCUT2D eigenvalue weighted by atomic mass is 10.2. The fourth-order valence-corrected chi connectivity index (χ4v) is 4.03. The molecule has 3 aromatic heterocycles. The number of thioether (sulfide) groups is 1. The summed E-state index contributed by atoms with van der Waals surface area (Å²) in [7, 11) is 0. The van der Waals surface area contributed by atoms with Gasteiger partial charge < -0.3 is 8.98 Å². The Kier molecular flexibility index (Phi) is 4.32. The second kappa shape index (κ2) is 6.76. The van der Waals surface area contributed by atoms with Crippen LogP contribution in [0.25, 0.3) is 11.0 Å². The van der Waals surface area contributed by atoms with Crippen LogP contribution in [-0.2, 0) is 12.3 Å². The zero-order chi connectivity index (χ0) is 17.2. The molecule has 0 atom stereocenters. The molecule has 4 rings (SSSR count). The maximum Gasteiger partial charge on any atom is 0.145 e. The van der Waals surface area contributed by atoms with Crippen molar-refractivity contribution in [2.24, 2.45) is 0 Å². The Morgan fingerprint density at radius 1 is 1.04 bits per heavy atom. The van der Waals surface area contributed by atoms with E-state index in [4.69, 9.17) is 4.42 Å². The predicted octanol–water partition coefficient (Wildman–Crippen LogP) is 4.98. The highest BCUT2D eigenvalue weighted by Gasteiger charge is 2.17. The largest absolute Gasteiger partial charge is 0.467 e. The minimum atomic E-state index is 0.684. The van der Waals surface area contributed by atoms with E-state index in [1.54, 1.807) is 24.4 Å². The highest BCUT2D eigenvalue weighted by molar-refractivity contribution is 7.98. The number of hydrogen-bond acceptors (Lipinski definition) is 4. The summed E-state index contributed by atoms with van der Waals surface area (Å²) in [5, 5.41) is 2.18. The average Bonchev–Trinajstić information content (AvgIpc) is 3.24. The molecule has 0 aliphatic rings. The quantitative estimate of drug-likeness (QED) is 0.376. The average molecular weight is 349 g/mol. The summed E-state index contributed by atoms with van der Waals surface area (Å²) in [4.78, 5) is 9.11. The fraction of sp³-hybridized carbons (Fsp3) is 0.200. The Hall–Kier alpha value is -2.53. The Bertz CT molecular complexity index is 991. The van der Waals surface area contributed by atoms with E-state index < -0.39 is 0 Å². The highest BCUT2D eigenvalue weighted by atomic mass is 32.2. The van der Waals surface area contributed by atoms with E-state index >= 15 is 0 Å². The Balaban J connectivity index is 1.71. The number of aromatic nitrogens is 3. The third kappa shape index (κ3) is 3.07. The van der Waals surface area contributed by atoms with E-state index in [-0.39, 0.29) is 0 Å². The van der Waals surface area contributed by atoms with Gasteiger partial charge in [-0.05, 0) is 37.1 Å². The van der Waals surface area contributed by atoms with Crippen LogP contribution in [0.5, 0.6) is 0 Å². The van der Waals surface area contributed by atoms with Gasteiger partial charge in [0.2, 0.25) is 0 Å². The van der Waals surface area contributed by atoms with Gasteiger partial charge in [0.1, 0.15) is 22.8 Å². The van der Waals surface area contributed by atoms with E-state index in [2.05, 4.69) is 52.6 Å². The molecule has 0 aliphatic carbocycles. The lowest BCUT2D eigenvalue weighted by Gasteiger charge is -2.06. The van der Waals surface area contributed by atoms with Gasteiger partial charge >= 0.3 is 0 Å². The highest BCUT2D eigenvalue weighted by Crippen LogP contribution is 2.33. The van der Waals surface area contributed by atoms with Crippen LogP contribution in [-0.4, -0.2) is 14.5 Å². The fourth-order valence-electron chi connectivity index (χ4n) is 3.02. The molecular weight excluding hydrogens is 330 g/mol. The third-order valence-corrected chi connectivity index (χ3v) is 5.54. The van der Waals surface area contributed by atoms with Crippen molar-refractivity contribution in [2.45, 2.75) is 31.2 Å². The summed E-state index contributed by atoms with van der Waals surface area (Å²) >= 11 is 1.76. The van der Waals surface area contributed by atoms with Crippen molar-refractivity contribution >= 4 is 22.8 Å². The van der Waals surface area contributed by atoms with Crippen molar-refractivity contribution in [2.75, 3.05) is 0 Å². The molecule has 0 bridgehead atoms.